The van der Waals surface area contributed by atoms with E-state index in [1.165, 1.54) is 6.92 Å². The van der Waals surface area contributed by atoms with Crippen molar-refractivity contribution in [2.24, 2.45) is 5.41 Å². The molecular formula is C12H18O4. The molecule has 3 atom stereocenters. The zero-order valence-corrected chi connectivity index (χ0v) is 9.99. The van der Waals surface area contributed by atoms with Crippen molar-refractivity contribution in [1.29, 1.82) is 0 Å². The summed E-state index contributed by atoms with van der Waals surface area (Å²) < 4.78 is 10.9. The summed E-state index contributed by atoms with van der Waals surface area (Å²) in [4.78, 5) is 22.9. The van der Waals surface area contributed by atoms with Crippen LogP contribution in [-0.2, 0) is 19.1 Å². The first-order valence-electron chi connectivity index (χ1n) is 5.77. The largest absolute Gasteiger partial charge is 0.460 e. The van der Waals surface area contributed by atoms with E-state index in [9.17, 15) is 9.59 Å². The van der Waals surface area contributed by atoms with Gasteiger partial charge in [0.1, 0.15) is 12.2 Å². The van der Waals surface area contributed by atoms with E-state index in [4.69, 9.17) is 9.47 Å². The molecule has 0 amide bonds. The molecular weight excluding hydrogens is 208 g/mol. The number of hydrogen-bond acceptors (Lipinski definition) is 4. The van der Waals surface area contributed by atoms with Crippen molar-refractivity contribution in [2.75, 3.05) is 0 Å². The van der Waals surface area contributed by atoms with Crippen LogP contribution in [0.3, 0.4) is 0 Å². The second-order valence-corrected chi connectivity index (χ2v) is 5.34. The summed E-state index contributed by atoms with van der Waals surface area (Å²) in [6.07, 6.45) is 1.45. The lowest BCUT2D eigenvalue weighted by molar-refractivity contribution is -0.194. The van der Waals surface area contributed by atoms with Crippen LogP contribution in [-0.4, -0.2) is 30.1 Å². The van der Waals surface area contributed by atoms with Crippen LogP contribution in [0.5, 0.6) is 0 Å². The molecule has 0 aliphatic carbocycles. The summed E-state index contributed by atoms with van der Waals surface area (Å²) in [6.45, 7) is 5.28. The first-order chi connectivity index (χ1) is 7.40. The molecule has 0 spiro atoms. The van der Waals surface area contributed by atoms with Crippen LogP contribution in [0, 0.1) is 5.41 Å². The van der Waals surface area contributed by atoms with Crippen molar-refractivity contribution in [3.8, 4) is 0 Å². The van der Waals surface area contributed by atoms with Crippen molar-refractivity contribution in [1.82, 2.24) is 0 Å². The van der Waals surface area contributed by atoms with Crippen LogP contribution in [0.25, 0.3) is 0 Å². The van der Waals surface area contributed by atoms with Gasteiger partial charge in [0.25, 0.3) is 0 Å². The normalized spacial score (nSPS) is 36.9. The average Bonchev–Trinajstić information content (AvgIpc) is 2.17. The van der Waals surface area contributed by atoms with Gasteiger partial charge in [0.2, 0.25) is 0 Å². The van der Waals surface area contributed by atoms with Crippen LogP contribution in [0.4, 0.5) is 0 Å². The second-order valence-electron chi connectivity index (χ2n) is 5.34. The number of Topliss-reactive ketones (excluding diaryl/α,β-unsaturated/α-hetero) is 1. The van der Waals surface area contributed by atoms with Crippen LogP contribution in [0.1, 0.15) is 40.0 Å². The summed E-state index contributed by atoms with van der Waals surface area (Å²) >= 11 is 0. The molecule has 0 saturated carbocycles. The fourth-order valence-corrected chi connectivity index (χ4v) is 2.63. The molecule has 0 aromatic carbocycles. The zero-order chi connectivity index (χ0) is 11.9. The summed E-state index contributed by atoms with van der Waals surface area (Å²) in [6, 6.07) is 0. The predicted octanol–water partition coefficient (Wildman–Crippen LogP) is 1.46. The maximum Gasteiger partial charge on any atom is 0.302 e. The van der Waals surface area contributed by atoms with Gasteiger partial charge in [0, 0.05) is 12.3 Å². The number of fused-ring (bicyclic) bond motifs is 2. The molecule has 2 aliphatic rings. The average molecular weight is 226 g/mol. The van der Waals surface area contributed by atoms with Crippen molar-refractivity contribution in [3.63, 3.8) is 0 Å². The molecule has 4 heteroatoms. The summed E-state index contributed by atoms with van der Waals surface area (Å²) in [5.74, 6) is -0.0909. The Kier molecular flexibility index (Phi) is 2.78. The van der Waals surface area contributed by atoms with Gasteiger partial charge in [0.15, 0.2) is 5.78 Å². The summed E-state index contributed by atoms with van der Waals surface area (Å²) in [5, 5.41) is 0. The van der Waals surface area contributed by atoms with Gasteiger partial charge in [0.05, 0.1) is 6.10 Å². The van der Waals surface area contributed by atoms with Crippen molar-refractivity contribution in [2.45, 2.75) is 58.3 Å². The smallest absolute Gasteiger partial charge is 0.302 e. The fraction of sp³-hybridized carbons (Fsp3) is 0.833. The Labute approximate surface area is 95.3 Å². The quantitative estimate of drug-likeness (QED) is 0.635. The third-order valence-corrected chi connectivity index (χ3v) is 3.46. The van der Waals surface area contributed by atoms with Gasteiger partial charge in [-0.2, -0.15) is 0 Å². The Hall–Kier alpha value is -0.900. The highest BCUT2D eigenvalue weighted by Crippen LogP contribution is 2.40. The number of carbonyl (C=O) groups is 2. The van der Waals surface area contributed by atoms with Gasteiger partial charge in [-0.1, -0.05) is 13.8 Å². The molecule has 0 aromatic heterocycles. The Balaban J connectivity index is 2.11. The molecule has 0 aromatic rings. The lowest BCUT2D eigenvalue weighted by Gasteiger charge is -2.45. The second kappa shape index (κ2) is 3.84. The first kappa shape index (κ1) is 11.6. The molecule has 0 radical (unpaired) electrons. The topological polar surface area (TPSA) is 52.6 Å². The third kappa shape index (κ3) is 1.98. The van der Waals surface area contributed by atoms with E-state index in [0.29, 0.717) is 12.8 Å². The van der Waals surface area contributed by atoms with E-state index in [1.54, 1.807) is 0 Å². The van der Waals surface area contributed by atoms with Gasteiger partial charge >= 0.3 is 5.97 Å². The predicted molar refractivity (Wildman–Crippen MR) is 56.9 cm³/mol. The summed E-state index contributed by atoms with van der Waals surface area (Å²) in [7, 11) is 0. The van der Waals surface area contributed by atoms with Crippen LogP contribution in [0.2, 0.25) is 0 Å². The minimum atomic E-state index is -0.355. The molecule has 3 unspecified atom stereocenters. The minimum Gasteiger partial charge on any atom is -0.460 e. The van der Waals surface area contributed by atoms with Crippen LogP contribution in [0.15, 0.2) is 0 Å². The van der Waals surface area contributed by atoms with Gasteiger partial charge in [-0.3, -0.25) is 9.59 Å². The molecule has 2 rings (SSSR count). The van der Waals surface area contributed by atoms with E-state index in [0.717, 1.165) is 6.42 Å². The zero-order valence-electron chi connectivity index (χ0n) is 9.99. The Morgan fingerprint density at radius 3 is 2.75 bits per heavy atom. The lowest BCUT2D eigenvalue weighted by Crippen LogP contribution is -2.54. The minimum absolute atomic E-state index is 0.115. The molecule has 2 bridgehead atoms. The number of ether oxygens (including phenoxy) is 2. The maximum absolute atomic E-state index is 12.0. The standard InChI is InChI=1S/C12H18O4/c1-7(13)15-8-4-5-9-11(14)12(2,3)6-10(8)16-9/h8-10H,4-6H2,1-3H3. The number of esters is 1. The molecule has 2 fully saturated rings. The molecule has 2 saturated heterocycles. The van der Waals surface area contributed by atoms with E-state index >= 15 is 0 Å². The lowest BCUT2D eigenvalue weighted by atomic mass is 9.73. The highest BCUT2D eigenvalue weighted by molar-refractivity contribution is 5.89. The van der Waals surface area contributed by atoms with E-state index in [-0.39, 0.29) is 35.5 Å². The van der Waals surface area contributed by atoms with Gasteiger partial charge < -0.3 is 9.47 Å². The summed E-state index contributed by atoms with van der Waals surface area (Å²) in [5.41, 5.74) is -0.355. The van der Waals surface area contributed by atoms with Crippen molar-refractivity contribution >= 4 is 11.8 Å². The van der Waals surface area contributed by atoms with Crippen molar-refractivity contribution < 1.29 is 19.1 Å². The Morgan fingerprint density at radius 1 is 1.44 bits per heavy atom. The van der Waals surface area contributed by atoms with Gasteiger partial charge in [-0.05, 0) is 19.3 Å². The monoisotopic (exact) mass is 226 g/mol. The van der Waals surface area contributed by atoms with Gasteiger partial charge in [-0.15, -0.1) is 0 Å². The first-order valence-corrected chi connectivity index (χ1v) is 5.77. The number of carbonyl (C=O) groups excluding carboxylic acids is 2. The molecule has 0 N–H and O–H groups in total. The molecule has 2 aliphatic heterocycles. The molecule has 90 valence electrons. The van der Waals surface area contributed by atoms with Crippen LogP contribution >= 0.6 is 0 Å². The van der Waals surface area contributed by atoms with E-state index < -0.39 is 0 Å². The third-order valence-electron chi connectivity index (χ3n) is 3.46. The Bertz CT molecular complexity index is 321. The highest BCUT2D eigenvalue weighted by Gasteiger charge is 2.48. The van der Waals surface area contributed by atoms with Crippen molar-refractivity contribution in [3.05, 3.63) is 0 Å². The fourth-order valence-electron chi connectivity index (χ4n) is 2.63. The highest BCUT2D eigenvalue weighted by atomic mass is 16.6. The molecule has 4 nitrogen and oxygen atoms in total. The SMILES string of the molecule is CC(=O)OC1CCC2OC1CC(C)(C)C2=O. The Morgan fingerprint density at radius 2 is 2.12 bits per heavy atom. The van der Waals surface area contributed by atoms with Gasteiger partial charge in [-0.25, -0.2) is 0 Å². The molecule has 2 heterocycles. The number of rotatable bonds is 1. The maximum atomic E-state index is 12.0. The molecule has 16 heavy (non-hydrogen) atoms. The van der Waals surface area contributed by atoms with E-state index in [1.807, 2.05) is 13.8 Å². The van der Waals surface area contributed by atoms with Crippen LogP contribution < -0.4 is 0 Å². The number of hydrogen-bond donors (Lipinski definition) is 0. The number of ketones is 1. The van der Waals surface area contributed by atoms with E-state index in [2.05, 4.69) is 0 Å².